The number of anilines is 1. The topological polar surface area (TPSA) is 53.2 Å². The quantitative estimate of drug-likeness (QED) is 0.187. The van der Waals surface area contributed by atoms with Crippen molar-refractivity contribution in [3.05, 3.63) is 60.4 Å². The minimum Gasteiger partial charge on any atom is -0.339 e. The average molecular weight is 643 g/mol. The monoisotopic (exact) mass is 639 g/mol. The van der Waals surface area contributed by atoms with E-state index in [1.54, 1.807) is 0 Å². The molecule has 1 atom stereocenters. The van der Waals surface area contributed by atoms with Gasteiger partial charge in [-0.2, -0.15) is 0 Å². The van der Waals surface area contributed by atoms with Crippen molar-refractivity contribution in [2.45, 2.75) is 16.9 Å². The molecular formula is C17H12Br2Cl5N3OS. The Morgan fingerprint density at radius 2 is 1.66 bits per heavy atom. The van der Waals surface area contributed by atoms with E-state index >= 15 is 0 Å². The van der Waals surface area contributed by atoms with E-state index in [1.807, 2.05) is 19.1 Å². The number of halogens is 7. The van der Waals surface area contributed by atoms with E-state index < -0.39 is 15.9 Å². The summed E-state index contributed by atoms with van der Waals surface area (Å²) in [7, 11) is 0. The largest absolute Gasteiger partial charge is 0.339 e. The minimum atomic E-state index is -1.91. The normalized spacial score (nSPS) is 12.3. The zero-order chi connectivity index (χ0) is 21.9. The van der Waals surface area contributed by atoms with Crippen LogP contribution in [0.3, 0.4) is 0 Å². The first-order chi connectivity index (χ1) is 13.4. The molecule has 2 rings (SSSR count). The van der Waals surface area contributed by atoms with Gasteiger partial charge in [0, 0.05) is 14.0 Å². The summed E-state index contributed by atoms with van der Waals surface area (Å²) in [5.74, 6) is -0.573. The molecule has 12 heteroatoms. The van der Waals surface area contributed by atoms with Crippen LogP contribution in [0.25, 0.3) is 0 Å². The third-order valence-corrected chi connectivity index (χ3v) is 6.15. The van der Waals surface area contributed by atoms with E-state index in [2.05, 4.69) is 47.8 Å². The maximum atomic E-state index is 12.6. The lowest BCUT2D eigenvalue weighted by Crippen LogP contribution is -2.56. The van der Waals surface area contributed by atoms with Gasteiger partial charge in [-0.25, -0.2) is 0 Å². The van der Waals surface area contributed by atoms with E-state index in [-0.39, 0.29) is 15.7 Å². The highest BCUT2D eigenvalue weighted by Gasteiger charge is 2.35. The Balaban J connectivity index is 2.17. The Morgan fingerprint density at radius 3 is 2.17 bits per heavy atom. The van der Waals surface area contributed by atoms with E-state index in [0.717, 1.165) is 14.5 Å². The maximum absolute atomic E-state index is 12.6. The number of carbonyl (C=O) groups is 1. The zero-order valence-electron chi connectivity index (χ0n) is 14.4. The van der Waals surface area contributed by atoms with Crippen LogP contribution < -0.4 is 16.0 Å². The average Bonchev–Trinajstić information content (AvgIpc) is 2.56. The molecule has 0 radical (unpaired) electrons. The van der Waals surface area contributed by atoms with Gasteiger partial charge in [-0.3, -0.25) is 4.79 Å². The molecule has 2 aromatic carbocycles. The van der Waals surface area contributed by atoms with Crippen molar-refractivity contribution in [3.8, 4) is 0 Å². The molecule has 4 nitrogen and oxygen atoms in total. The molecule has 0 spiro atoms. The van der Waals surface area contributed by atoms with Gasteiger partial charge in [0.05, 0.1) is 16.3 Å². The number of benzene rings is 2. The van der Waals surface area contributed by atoms with Gasteiger partial charge in [-0.05, 0) is 86.9 Å². The fraction of sp³-hybridized carbons (Fsp3) is 0.176. The van der Waals surface area contributed by atoms with Crippen LogP contribution in [0, 0.1) is 6.92 Å². The number of alkyl halides is 3. The van der Waals surface area contributed by atoms with Crippen molar-refractivity contribution >= 4 is 119 Å². The molecule has 0 saturated heterocycles. The molecule has 0 aliphatic carbocycles. The summed E-state index contributed by atoms with van der Waals surface area (Å²) >= 11 is 42.2. The molecule has 0 bridgehead atoms. The van der Waals surface area contributed by atoms with Gasteiger partial charge in [-0.1, -0.05) is 58.0 Å². The summed E-state index contributed by atoms with van der Waals surface area (Å²) in [6, 6.07) is 8.25. The molecule has 0 fully saturated rings. The molecule has 0 aliphatic heterocycles. The van der Waals surface area contributed by atoms with Crippen molar-refractivity contribution in [3.63, 3.8) is 0 Å². The molecule has 3 N–H and O–H groups in total. The number of hydrogen-bond acceptors (Lipinski definition) is 2. The summed E-state index contributed by atoms with van der Waals surface area (Å²) in [5, 5.41) is 9.02. The van der Waals surface area contributed by atoms with Gasteiger partial charge in [0.2, 0.25) is 3.79 Å². The Bertz CT molecular complexity index is 932. The van der Waals surface area contributed by atoms with Crippen LogP contribution in [0.4, 0.5) is 5.69 Å². The third-order valence-electron chi connectivity index (χ3n) is 3.48. The first-order valence-corrected chi connectivity index (χ1v) is 11.6. The number of thiocarbonyl (C=S) groups is 1. The van der Waals surface area contributed by atoms with Gasteiger partial charge in [-0.15, -0.1) is 0 Å². The van der Waals surface area contributed by atoms with Crippen LogP contribution in [0.1, 0.15) is 15.9 Å². The van der Waals surface area contributed by atoms with Crippen LogP contribution >= 0.6 is 102 Å². The molecule has 156 valence electrons. The molecule has 0 aliphatic rings. The summed E-state index contributed by atoms with van der Waals surface area (Å²) in [4.78, 5) is 12.6. The highest BCUT2D eigenvalue weighted by atomic mass is 79.9. The first-order valence-electron chi connectivity index (χ1n) is 7.74. The van der Waals surface area contributed by atoms with E-state index in [0.29, 0.717) is 10.7 Å². The predicted molar refractivity (Wildman–Crippen MR) is 134 cm³/mol. The van der Waals surface area contributed by atoms with Gasteiger partial charge < -0.3 is 16.0 Å². The summed E-state index contributed by atoms with van der Waals surface area (Å²) < 4.78 is -0.367. The molecule has 2 aromatic rings. The van der Waals surface area contributed by atoms with Crippen LogP contribution in [-0.4, -0.2) is 21.0 Å². The molecule has 1 amide bonds. The second-order valence-electron chi connectivity index (χ2n) is 5.77. The Labute approximate surface area is 215 Å². The lowest BCUT2D eigenvalue weighted by Gasteiger charge is -2.28. The first kappa shape index (κ1) is 25.3. The highest BCUT2D eigenvalue weighted by molar-refractivity contribution is 9.11. The fourth-order valence-electron chi connectivity index (χ4n) is 2.18. The Hall–Kier alpha value is 0.0100. The number of aryl methyl sites for hydroxylation is 1. The van der Waals surface area contributed by atoms with Crippen molar-refractivity contribution in [1.82, 2.24) is 10.6 Å². The standard InChI is InChI=1S/C17H12Br2Cl5N3OS/c1-7-4-10(18)13(11(19)5-7)25-16(29)27-15(17(22,23)24)26-14(28)9-3-2-8(20)6-12(9)21/h2-6,15H,1H3,(H,26,28)(H2,25,27,29)/t15-/m0/s1. The zero-order valence-corrected chi connectivity index (χ0v) is 22.2. The second kappa shape index (κ2) is 10.6. The Kier molecular flexibility index (Phi) is 9.19. The van der Waals surface area contributed by atoms with Crippen LogP contribution in [-0.2, 0) is 0 Å². The maximum Gasteiger partial charge on any atom is 0.254 e. The summed E-state index contributed by atoms with van der Waals surface area (Å²) in [5.41, 5.74) is 1.88. The molecule has 0 aromatic heterocycles. The van der Waals surface area contributed by atoms with E-state index in [1.165, 1.54) is 18.2 Å². The number of amides is 1. The van der Waals surface area contributed by atoms with Crippen LogP contribution in [0.15, 0.2) is 39.3 Å². The SMILES string of the molecule is Cc1cc(Br)c(NC(=S)N[C@H](NC(=O)c2ccc(Cl)cc2Cl)C(Cl)(Cl)Cl)c(Br)c1. The second-order valence-corrected chi connectivity index (χ2v) is 11.1. The molecular weight excluding hydrogens is 631 g/mol. The molecule has 0 saturated carbocycles. The number of carbonyl (C=O) groups excluding carboxylic acids is 1. The lowest BCUT2D eigenvalue weighted by atomic mass is 10.2. The van der Waals surface area contributed by atoms with Gasteiger partial charge >= 0.3 is 0 Å². The smallest absolute Gasteiger partial charge is 0.254 e. The lowest BCUT2D eigenvalue weighted by molar-refractivity contribution is 0.0934. The van der Waals surface area contributed by atoms with Crippen LogP contribution in [0.2, 0.25) is 10.0 Å². The minimum absolute atomic E-state index is 0.120. The van der Waals surface area contributed by atoms with Gasteiger partial charge in [0.25, 0.3) is 5.91 Å². The van der Waals surface area contributed by atoms with Gasteiger partial charge in [0.15, 0.2) is 5.11 Å². The molecule has 0 unspecified atom stereocenters. The number of nitrogens with one attached hydrogen (secondary N) is 3. The van der Waals surface area contributed by atoms with Crippen molar-refractivity contribution in [2.75, 3.05) is 5.32 Å². The van der Waals surface area contributed by atoms with Crippen LogP contribution in [0.5, 0.6) is 0 Å². The fourth-order valence-corrected chi connectivity index (χ4v) is 4.84. The highest BCUT2D eigenvalue weighted by Crippen LogP contribution is 2.33. The van der Waals surface area contributed by atoms with Crippen molar-refractivity contribution in [1.29, 1.82) is 0 Å². The summed E-state index contributed by atoms with van der Waals surface area (Å²) in [6.45, 7) is 1.95. The molecule has 0 heterocycles. The Morgan fingerprint density at radius 1 is 1.07 bits per heavy atom. The van der Waals surface area contributed by atoms with E-state index in [4.69, 9.17) is 70.2 Å². The summed E-state index contributed by atoms with van der Waals surface area (Å²) in [6.07, 6.45) is -1.16. The van der Waals surface area contributed by atoms with E-state index in [9.17, 15) is 4.79 Å². The molecule has 29 heavy (non-hydrogen) atoms. The third kappa shape index (κ3) is 7.28. The van der Waals surface area contributed by atoms with Gasteiger partial charge in [0.1, 0.15) is 6.17 Å². The van der Waals surface area contributed by atoms with Crippen molar-refractivity contribution in [2.24, 2.45) is 0 Å². The predicted octanol–water partition coefficient (Wildman–Crippen LogP) is 7.24. The van der Waals surface area contributed by atoms with Crippen molar-refractivity contribution < 1.29 is 4.79 Å². The number of rotatable bonds is 4. The number of hydrogen-bond donors (Lipinski definition) is 3.